The zero-order chi connectivity index (χ0) is 7.72. The topological polar surface area (TPSA) is 0 Å². The molecule has 1 aromatic carbocycles. The van der Waals surface area contributed by atoms with E-state index in [2.05, 4.69) is 12.6 Å². The first-order chi connectivity index (χ1) is 4.63. The van der Waals surface area contributed by atoms with Gasteiger partial charge in [-0.3, -0.25) is 0 Å². The molecule has 0 bridgehead atoms. The van der Waals surface area contributed by atoms with Crippen molar-refractivity contribution in [1.82, 2.24) is 0 Å². The molecule has 0 N–H and O–H groups in total. The molecule has 0 spiro atoms. The highest BCUT2D eigenvalue weighted by atomic mass is 35.5. The van der Waals surface area contributed by atoms with Crippen molar-refractivity contribution in [3.05, 3.63) is 27.7 Å². The number of benzene rings is 1. The number of aryl methyl sites for hydroxylation is 1. The van der Waals surface area contributed by atoms with Crippen LogP contribution >= 0.6 is 35.8 Å². The number of halogens is 2. The summed E-state index contributed by atoms with van der Waals surface area (Å²) in [5, 5.41) is 1.12. The van der Waals surface area contributed by atoms with Crippen LogP contribution in [0.25, 0.3) is 0 Å². The van der Waals surface area contributed by atoms with Gasteiger partial charge in [0.1, 0.15) is 0 Å². The van der Waals surface area contributed by atoms with Gasteiger partial charge in [0.15, 0.2) is 0 Å². The molecule has 0 aliphatic rings. The molecule has 0 heterocycles. The third-order valence-electron chi connectivity index (χ3n) is 1.26. The largest absolute Gasteiger partial charge is 0.142 e. The second-order valence-corrected chi connectivity index (χ2v) is 3.27. The van der Waals surface area contributed by atoms with Gasteiger partial charge < -0.3 is 0 Å². The summed E-state index contributed by atoms with van der Waals surface area (Å²) in [6, 6.07) is 3.71. The molecule has 0 aliphatic heterocycles. The van der Waals surface area contributed by atoms with Crippen molar-refractivity contribution in [1.29, 1.82) is 0 Å². The Balaban J connectivity index is 3.34. The van der Waals surface area contributed by atoms with E-state index in [1.54, 1.807) is 0 Å². The molecular weight excluding hydrogens is 187 g/mol. The minimum absolute atomic E-state index is 0.532. The van der Waals surface area contributed by atoms with Crippen LogP contribution in [-0.4, -0.2) is 0 Å². The molecule has 0 unspecified atom stereocenters. The van der Waals surface area contributed by atoms with E-state index in [0.29, 0.717) is 10.0 Å². The number of hydrogen-bond acceptors (Lipinski definition) is 1. The van der Waals surface area contributed by atoms with Crippen LogP contribution < -0.4 is 0 Å². The Hall–Kier alpha value is 0.150. The molecule has 0 saturated carbocycles. The van der Waals surface area contributed by atoms with E-state index in [0.717, 1.165) is 10.5 Å². The van der Waals surface area contributed by atoms with E-state index in [1.165, 1.54) is 0 Å². The summed E-state index contributed by atoms with van der Waals surface area (Å²) in [7, 11) is 0. The third-order valence-corrected chi connectivity index (χ3v) is 2.74. The van der Waals surface area contributed by atoms with Gasteiger partial charge in [-0.05, 0) is 18.6 Å². The van der Waals surface area contributed by atoms with E-state index in [-0.39, 0.29) is 0 Å². The first-order valence-electron chi connectivity index (χ1n) is 2.76. The molecule has 0 fully saturated rings. The van der Waals surface area contributed by atoms with Crippen molar-refractivity contribution in [3.63, 3.8) is 0 Å². The van der Waals surface area contributed by atoms with Gasteiger partial charge in [-0.1, -0.05) is 29.3 Å². The summed E-state index contributed by atoms with van der Waals surface area (Å²) in [5.41, 5.74) is 0.976. The zero-order valence-corrected chi connectivity index (χ0v) is 7.76. The lowest BCUT2D eigenvalue weighted by Crippen LogP contribution is -1.77. The van der Waals surface area contributed by atoms with Gasteiger partial charge in [-0.25, -0.2) is 0 Å². The van der Waals surface area contributed by atoms with Crippen molar-refractivity contribution in [2.24, 2.45) is 0 Å². The molecule has 0 aromatic heterocycles. The standard InChI is InChI=1S/C7H6Cl2S/c1-4-2-3-5(10)7(9)6(4)8/h2-3,10H,1H3. The molecule has 1 rings (SSSR count). The lowest BCUT2D eigenvalue weighted by molar-refractivity contribution is 1.38. The van der Waals surface area contributed by atoms with Crippen molar-refractivity contribution in [2.45, 2.75) is 11.8 Å². The van der Waals surface area contributed by atoms with Crippen LogP contribution in [-0.2, 0) is 0 Å². The molecule has 0 aliphatic carbocycles. The third kappa shape index (κ3) is 1.42. The Kier molecular flexibility index (Phi) is 2.50. The van der Waals surface area contributed by atoms with Crippen molar-refractivity contribution < 1.29 is 0 Å². The summed E-state index contributed by atoms with van der Waals surface area (Å²) < 4.78 is 0. The summed E-state index contributed by atoms with van der Waals surface area (Å²) in [6.45, 7) is 1.90. The minimum atomic E-state index is 0.532. The first kappa shape index (κ1) is 8.25. The highest BCUT2D eigenvalue weighted by molar-refractivity contribution is 7.80. The van der Waals surface area contributed by atoms with Crippen molar-refractivity contribution >= 4 is 35.8 Å². The van der Waals surface area contributed by atoms with Crippen LogP contribution in [0.5, 0.6) is 0 Å². The van der Waals surface area contributed by atoms with Crippen LogP contribution in [0.1, 0.15) is 5.56 Å². The second-order valence-electron chi connectivity index (χ2n) is 2.03. The summed E-state index contributed by atoms with van der Waals surface area (Å²) >= 11 is 15.7. The highest BCUT2D eigenvalue weighted by Crippen LogP contribution is 2.30. The smallest absolute Gasteiger partial charge is 0.0728 e. The molecular formula is C7H6Cl2S. The Labute approximate surface area is 75.6 Å². The van der Waals surface area contributed by atoms with Gasteiger partial charge in [0.05, 0.1) is 10.0 Å². The fourth-order valence-corrected chi connectivity index (χ4v) is 1.26. The Bertz CT molecular complexity index is 231. The van der Waals surface area contributed by atoms with Crippen LogP contribution in [0, 0.1) is 6.92 Å². The molecule has 1 aromatic rings. The Morgan fingerprint density at radius 1 is 1.20 bits per heavy atom. The molecule has 54 valence electrons. The highest BCUT2D eigenvalue weighted by Gasteiger charge is 2.02. The molecule has 0 amide bonds. The summed E-state index contributed by atoms with van der Waals surface area (Å²) in [4.78, 5) is 0.720. The van der Waals surface area contributed by atoms with Crippen LogP contribution in [0.3, 0.4) is 0 Å². The van der Waals surface area contributed by atoms with E-state index in [4.69, 9.17) is 23.2 Å². The van der Waals surface area contributed by atoms with Gasteiger partial charge in [-0.15, -0.1) is 12.6 Å². The Morgan fingerprint density at radius 3 is 2.30 bits per heavy atom. The van der Waals surface area contributed by atoms with Crippen LogP contribution in [0.2, 0.25) is 10.0 Å². The monoisotopic (exact) mass is 192 g/mol. The van der Waals surface area contributed by atoms with Gasteiger partial charge >= 0.3 is 0 Å². The molecule has 10 heavy (non-hydrogen) atoms. The van der Waals surface area contributed by atoms with E-state index in [9.17, 15) is 0 Å². The van der Waals surface area contributed by atoms with Gasteiger partial charge in [0.25, 0.3) is 0 Å². The van der Waals surface area contributed by atoms with Crippen LogP contribution in [0.4, 0.5) is 0 Å². The van der Waals surface area contributed by atoms with E-state index in [1.807, 2.05) is 19.1 Å². The predicted molar refractivity (Wildman–Crippen MR) is 48.5 cm³/mol. The Morgan fingerprint density at radius 2 is 1.80 bits per heavy atom. The average Bonchev–Trinajstić information content (AvgIpc) is 1.93. The van der Waals surface area contributed by atoms with Crippen molar-refractivity contribution in [3.8, 4) is 0 Å². The fraction of sp³-hybridized carbons (Fsp3) is 0.143. The molecule has 0 saturated heterocycles. The number of thiol groups is 1. The molecule has 0 radical (unpaired) electrons. The summed E-state index contributed by atoms with van der Waals surface area (Å²) in [5.74, 6) is 0. The van der Waals surface area contributed by atoms with Gasteiger partial charge in [0.2, 0.25) is 0 Å². The molecule has 0 atom stereocenters. The normalized spacial score (nSPS) is 10.0. The average molecular weight is 193 g/mol. The first-order valence-corrected chi connectivity index (χ1v) is 3.97. The lowest BCUT2D eigenvalue weighted by Gasteiger charge is -2.01. The maximum Gasteiger partial charge on any atom is 0.0728 e. The van der Waals surface area contributed by atoms with E-state index < -0.39 is 0 Å². The molecule has 3 heteroatoms. The maximum atomic E-state index is 5.80. The van der Waals surface area contributed by atoms with E-state index >= 15 is 0 Å². The summed E-state index contributed by atoms with van der Waals surface area (Å²) in [6.07, 6.45) is 0. The number of hydrogen-bond donors (Lipinski definition) is 1. The molecule has 0 nitrogen and oxygen atoms in total. The van der Waals surface area contributed by atoms with Crippen molar-refractivity contribution in [2.75, 3.05) is 0 Å². The minimum Gasteiger partial charge on any atom is -0.142 e. The predicted octanol–water partition coefficient (Wildman–Crippen LogP) is 3.59. The number of rotatable bonds is 0. The van der Waals surface area contributed by atoms with Gasteiger partial charge in [0, 0.05) is 4.90 Å². The quantitative estimate of drug-likeness (QED) is 0.598. The maximum absolute atomic E-state index is 5.80. The fourth-order valence-electron chi connectivity index (χ4n) is 0.636. The van der Waals surface area contributed by atoms with Gasteiger partial charge in [-0.2, -0.15) is 0 Å². The van der Waals surface area contributed by atoms with Crippen LogP contribution in [0.15, 0.2) is 17.0 Å². The SMILES string of the molecule is Cc1ccc(S)c(Cl)c1Cl. The lowest BCUT2D eigenvalue weighted by atomic mass is 10.2. The second kappa shape index (κ2) is 3.04. The zero-order valence-electron chi connectivity index (χ0n) is 5.36.